The lowest BCUT2D eigenvalue weighted by Crippen LogP contribution is -2.18. The summed E-state index contributed by atoms with van der Waals surface area (Å²) in [6.45, 7) is 5.86. The van der Waals surface area contributed by atoms with Crippen molar-refractivity contribution < 1.29 is 13.5 Å². The molecule has 0 unspecified atom stereocenters. The van der Waals surface area contributed by atoms with E-state index in [4.69, 9.17) is 4.74 Å². The average molecular weight is 292 g/mol. The SMILES string of the molecule is CC(C)CNCc1ccnc(Oc2cc(F)cc(F)c2)c1. The van der Waals surface area contributed by atoms with Gasteiger partial charge < -0.3 is 10.1 Å². The zero-order valence-electron chi connectivity index (χ0n) is 12.1. The van der Waals surface area contributed by atoms with E-state index in [0.717, 1.165) is 30.3 Å². The number of ether oxygens (including phenoxy) is 1. The molecular weight excluding hydrogens is 274 g/mol. The second kappa shape index (κ2) is 7.13. The Morgan fingerprint density at radius 1 is 1.14 bits per heavy atom. The molecule has 0 spiro atoms. The quantitative estimate of drug-likeness (QED) is 0.877. The van der Waals surface area contributed by atoms with Crippen molar-refractivity contribution in [2.24, 2.45) is 5.92 Å². The number of benzene rings is 1. The second-order valence-corrected chi connectivity index (χ2v) is 5.23. The first-order chi connectivity index (χ1) is 10.0. The monoisotopic (exact) mass is 292 g/mol. The Bertz CT molecular complexity index is 582. The molecule has 5 heteroatoms. The minimum atomic E-state index is -0.681. The van der Waals surface area contributed by atoms with E-state index in [0.29, 0.717) is 18.3 Å². The highest BCUT2D eigenvalue weighted by molar-refractivity contribution is 5.29. The third kappa shape index (κ3) is 5.11. The van der Waals surface area contributed by atoms with Crippen LogP contribution in [-0.2, 0) is 6.54 Å². The third-order valence-electron chi connectivity index (χ3n) is 2.74. The lowest BCUT2D eigenvalue weighted by atomic mass is 10.2. The fourth-order valence-electron chi connectivity index (χ4n) is 1.83. The molecule has 0 aliphatic rings. The van der Waals surface area contributed by atoms with Crippen molar-refractivity contribution in [2.45, 2.75) is 20.4 Å². The van der Waals surface area contributed by atoms with Gasteiger partial charge in [0.25, 0.3) is 0 Å². The van der Waals surface area contributed by atoms with Crippen molar-refractivity contribution >= 4 is 0 Å². The van der Waals surface area contributed by atoms with Gasteiger partial charge in [-0.1, -0.05) is 13.8 Å². The number of nitrogens with zero attached hydrogens (tertiary/aromatic N) is 1. The minimum Gasteiger partial charge on any atom is -0.439 e. The molecule has 0 aliphatic heterocycles. The van der Waals surface area contributed by atoms with Crippen molar-refractivity contribution in [1.29, 1.82) is 0 Å². The number of aromatic nitrogens is 1. The first-order valence-corrected chi connectivity index (χ1v) is 6.82. The van der Waals surface area contributed by atoms with Crippen molar-refractivity contribution in [3.63, 3.8) is 0 Å². The van der Waals surface area contributed by atoms with Crippen LogP contribution < -0.4 is 10.1 Å². The molecule has 2 rings (SSSR count). The van der Waals surface area contributed by atoms with Crippen LogP contribution >= 0.6 is 0 Å². The van der Waals surface area contributed by atoms with E-state index in [-0.39, 0.29) is 5.75 Å². The van der Waals surface area contributed by atoms with E-state index in [1.54, 1.807) is 12.3 Å². The minimum absolute atomic E-state index is 0.0901. The standard InChI is InChI=1S/C16H18F2N2O/c1-11(2)9-19-10-12-3-4-20-16(5-12)21-15-7-13(17)6-14(18)8-15/h3-8,11,19H,9-10H2,1-2H3. The van der Waals surface area contributed by atoms with E-state index in [9.17, 15) is 8.78 Å². The molecule has 1 heterocycles. The molecule has 0 aliphatic carbocycles. The highest BCUT2D eigenvalue weighted by Gasteiger charge is 2.05. The topological polar surface area (TPSA) is 34.2 Å². The van der Waals surface area contributed by atoms with Gasteiger partial charge in [-0.25, -0.2) is 13.8 Å². The Kier molecular flexibility index (Phi) is 5.22. The van der Waals surface area contributed by atoms with Crippen molar-refractivity contribution in [3.05, 3.63) is 53.7 Å². The summed E-state index contributed by atoms with van der Waals surface area (Å²) in [5.74, 6) is -0.395. The van der Waals surface area contributed by atoms with Gasteiger partial charge in [-0.2, -0.15) is 0 Å². The molecule has 112 valence electrons. The van der Waals surface area contributed by atoms with Gasteiger partial charge in [0.2, 0.25) is 5.88 Å². The summed E-state index contributed by atoms with van der Waals surface area (Å²) in [7, 11) is 0. The van der Waals surface area contributed by atoms with Gasteiger partial charge in [-0.05, 0) is 24.1 Å². The smallest absolute Gasteiger partial charge is 0.219 e. The van der Waals surface area contributed by atoms with Crippen LogP contribution in [0.3, 0.4) is 0 Å². The molecule has 0 amide bonds. The van der Waals surface area contributed by atoms with Crippen LogP contribution in [0.15, 0.2) is 36.5 Å². The number of rotatable bonds is 6. The average Bonchev–Trinajstić information content (AvgIpc) is 2.37. The highest BCUT2D eigenvalue weighted by atomic mass is 19.1. The van der Waals surface area contributed by atoms with E-state index in [1.165, 1.54) is 0 Å². The van der Waals surface area contributed by atoms with Crippen molar-refractivity contribution in [1.82, 2.24) is 10.3 Å². The van der Waals surface area contributed by atoms with Crippen LogP contribution in [0.4, 0.5) is 8.78 Å². The Hall–Kier alpha value is -2.01. The first-order valence-electron chi connectivity index (χ1n) is 6.82. The molecule has 1 aromatic heterocycles. The Labute approximate surface area is 123 Å². The predicted molar refractivity (Wildman–Crippen MR) is 77.2 cm³/mol. The second-order valence-electron chi connectivity index (χ2n) is 5.23. The molecule has 21 heavy (non-hydrogen) atoms. The third-order valence-corrected chi connectivity index (χ3v) is 2.74. The van der Waals surface area contributed by atoms with Gasteiger partial charge in [0.1, 0.15) is 17.4 Å². The maximum Gasteiger partial charge on any atom is 0.219 e. The summed E-state index contributed by atoms with van der Waals surface area (Å²) < 4.78 is 31.6. The number of hydrogen-bond donors (Lipinski definition) is 1. The predicted octanol–water partition coefficient (Wildman–Crippen LogP) is 3.90. The number of halogens is 2. The molecule has 0 fully saturated rings. The molecule has 0 saturated heterocycles. The number of pyridine rings is 1. The lowest BCUT2D eigenvalue weighted by Gasteiger charge is -2.09. The van der Waals surface area contributed by atoms with Gasteiger partial charge in [-0.15, -0.1) is 0 Å². The largest absolute Gasteiger partial charge is 0.439 e. The van der Waals surface area contributed by atoms with Gasteiger partial charge in [0, 0.05) is 37.0 Å². The Morgan fingerprint density at radius 3 is 2.52 bits per heavy atom. The van der Waals surface area contributed by atoms with Crippen molar-refractivity contribution in [3.8, 4) is 11.6 Å². The Balaban J connectivity index is 2.03. The molecule has 0 atom stereocenters. The fourth-order valence-corrected chi connectivity index (χ4v) is 1.83. The molecule has 0 radical (unpaired) electrons. The fraction of sp³-hybridized carbons (Fsp3) is 0.312. The normalized spacial score (nSPS) is 10.9. The maximum atomic E-state index is 13.1. The zero-order chi connectivity index (χ0) is 15.2. The van der Waals surface area contributed by atoms with Crippen LogP contribution in [0.25, 0.3) is 0 Å². The molecule has 0 saturated carbocycles. The highest BCUT2D eigenvalue weighted by Crippen LogP contribution is 2.22. The molecule has 1 N–H and O–H groups in total. The van der Waals surface area contributed by atoms with Gasteiger partial charge in [0.05, 0.1) is 0 Å². The van der Waals surface area contributed by atoms with Gasteiger partial charge in [-0.3, -0.25) is 0 Å². The zero-order valence-corrected chi connectivity index (χ0v) is 12.1. The summed E-state index contributed by atoms with van der Waals surface area (Å²) in [6, 6.07) is 6.65. The first kappa shape index (κ1) is 15.4. The van der Waals surface area contributed by atoms with Crippen molar-refractivity contribution in [2.75, 3.05) is 6.54 Å². The van der Waals surface area contributed by atoms with Crippen LogP contribution in [0.1, 0.15) is 19.4 Å². The van der Waals surface area contributed by atoms with E-state index >= 15 is 0 Å². The van der Waals surface area contributed by atoms with Crippen LogP contribution in [0.5, 0.6) is 11.6 Å². The molecule has 0 bridgehead atoms. The maximum absolute atomic E-state index is 13.1. The van der Waals surface area contributed by atoms with E-state index in [2.05, 4.69) is 24.1 Å². The Morgan fingerprint density at radius 2 is 1.86 bits per heavy atom. The summed E-state index contributed by atoms with van der Waals surface area (Å²) >= 11 is 0. The van der Waals surface area contributed by atoms with Gasteiger partial charge in [0.15, 0.2) is 0 Å². The summed E-state index contributed by atoms with van der Waals surface area (Å²) in [5, 5.41) is 3.31. The van der Waals surface area contributed by atoms with Crippen LogP contribution in [0.2, 0.25) is 0 Å². The number of nitrogens with one attached hydrogen (secondary N) is 1. The van der Waals surface area contributed by atoms with Gasteiger partial charge >= 0.3 is 0 Å². The van der Waals surface area contributed by atoms with Crippen LogP contribution in [0, 0.1) is 17.6 Å². The molecular formula is C16H18F2N2O. The summed E-state index contributed by atoms with van der Waals surface area (Å²) in [4.78, 5) is 4.04. The number of hydrogen-bond acceptors (Lipinski definition) is 3. The van der Waals surface area contributed by atoms with E-state index < -0.39 is 11.6 Å². The molecule has 3 nitrogen and oxygen atoms in total. The van der Waals surface area contributed by atoms with Crippen LogP contribution in [-0.4, -0.2) is 11.5 Å². The lowest BCUT2D eigenvalue weighted by molar-refractivity contribution is 0.450. The summed E-state index contributed by atoms with van der Waals surface area (Å²) in [5.41, 5.74) is 0.998. The summed E-state index contributed by atoms with van der Waals surface area (Å²) in [6.07, 6.45) is 1.61. The van der Waals surface area contributed by atoms with E-state index in [1.807, 2.05) is 6.07 Å². The molecule has 2 aromatic rings. The molecule has 1 aromatic carbocycles.